The smallest absolute Gasteiger partial charge is 0.254 e. The third kappa shape index (κ3) is 3.74. The van der Waals surface area contributed by atoms with Gasteiger partial charge in [0.2, 0.25) is 0 Å². The first-order valence-electron chi connectivity index (χ1n) is 7.91. The largest absolute Gasteiger partial charge is 0.336 e. The van der Waals surface area contributed by atoms with Crippen LogP contribution in [0.25, 0.3) is 0 Å². The summed E-state index contributed by atoms with van der Waals surface area (Å²) in [6.45, 7) is 5.24. The Kier molecular flexibility index (Phi) is 5.20. The zero-order valence-corrected chi connectivity index (χ0v) is 16.4. The summed E-state index contributed by atoms with van der Waals surface area (Å²) in [4.78, 5) is 14.4. The number of amides is 1. The molecule has 3 rings (SSSR count). The summed E-state index contributed by atoms with van der Waals surface area (Å²) in [6.07, 6.45) is 0. The molecule has 1 amide bonds. The number of thiophene rings is 1. The Bertz CT molecular complexity index is 900. The zero-order valence-electron chi connectivity index (χ0n) is 14.0. The molecule has 25 heavy (non-hydrogen) atoms. The van der Waals surface area contributed by atoms with Crippen molar-refractivity contribution in [3.05, 3.63) is 51.4 Å². The van der Waals surface area contributed by atoms with E-state index in [9.17, 15) is 13.2 Å². The Morgan fingerprint density at radius 1 is 1.08 bits per heavy atom. The molecule has 0 spiro atoms. The third-order valence-electron chi connectivity index (χ3n) is 4.28. The summed E-state index contributed by atoms with van der Waals surface area (Å²) >= 11 is 6.90. The maximum atomic E-state index is 12.7. The van der Waals surface area contributed by atoms with Crippen LogP contribution in [0, 0.1) is 13.8 Å². The number of sulfonamides is 1. The minimum absolute atomic E-state index is 0.0475. The van der Waals surface area contributed by atoms with Crippen molar-refractivity contribution < 1.29 is 13.2 Å². The number of carbonyl (C=O) groups is 1. The van der Waals surface area contributed by atoms with E-state index < -0.39 is 10.0 Å². The summed E-state index contributed by atoms with van der Waals surface area (Å²) in [5.74, 6) is -0.0475. The van der Waals surface area contributed by atoms with Crippen LogP contribution in [0.3, 0.4) is 0 Å². The van der Waals surface area contributed by atoms with E-state index in [1.165, 1.54) is 10.4 Å². The predicted octanol–water partition coefficient (Wildman–Crippen LogP) is 3.17. The molecule has 8 heteroatoms. The maximum Gasteiger partial charge on any atom is 0.254 e. The average Bonchev–Trinajstić information content (AvgIpc) is 3.02. The van der Waals surface area contributed by atoms with Gasteiger partial charge in [0, 0.05) is 31.7 Å². The van der Waals surface area contributed by atoms with Crippen molar-refractivity contribution in [3.63, 3.8) is 0 Å². The summed E-state index contributed by atoms with van der Waals surface area (Å²) in [6, 6.07) is 8.84. The topological polar surface area (TPSA) is 57.7 Å². The lowest BCUT2D eigenvalue weighted by atomic mass is 10.0. The Hall–Kier alpha value is -1.41. The Labute approximate surface area is 156 Å². The van der Waals surface area contributed by atoms with Gasteiger partial charge in [0.25, 0.3) is 15.9 Å². The normalized spacial score (nSPS) is 16.2. The molecule has 1 aromatic heterocycles. The van der Waals surface area contributed by atoms with Crippen molar-refractivity contribution in [1.82, 2.24) is 9.21 Å². The molecule has 0 radical (unpaired) electrons. The van der Waals surface area contributed by atoms with E-state index >= 15 is 0 Å². The molecule has 0 bridgehead atoms. The van der Waals surface area contributed by atoms with Crippen molar-refractivity contribution in [2.45, 2.75) is 18.1 Å². The van der Waals surface area contributed by atoms with Crippen LogP contribution in [-0.2, 0) is 10.0 Å². The van der Waals surface area contributed by atoms with Crippen LogP contribution in [0.1, 0.15) is 21.5 Å². The molecule has 1 saturated heterocycles. The fraction of sp³-hybridized carbons (Fsp3) is 0.353. The highest BCUT2D eigenvalue weighted by molar-refractivity contribution is 7.91. The van der Waals surface area contributed by atoms with E-state index in [2.05, 4.69) is 0 Å². The molecule has 134 valence electrons. The summed E-state index contributed by atoms with van der Waals surface area (Å²) in [7, 11) is -3.54. The molecule has 1 aromatic carbocycles. The molecule has 0 unspecified atom stereocenters. The number of benzene rings is 1. The van der Waals surface area contributed by atoms with Gasteiger partial charge in [-0.2, -0.15) is 4.31 Å². The van der Waals surface area contributed by atoms with Crippen LogP contribution >= 0.6 is 22.9 Å². The van der Waals surface area contributed by atoms with E-state index in [4.69, 9.17) is 11.6 Å². The molecule has 2 heterocycles. The molecular weight excluding hydrogens is 380 g/mol. The standard InChI is InChI=1S/C17H19ClN2O3S2/c1-12-3-4-14(13(2)11-12)17(21)19-7-9-20(10-8-19)25(22,23)16-6-5-15(18)24-16/h3-6,11H,7-10H2,1-2H3. The van der Waals surface area contributed by atoms with Crippen LogP contribution in [0.5, 0.6) is 0 Å². The maximum absolute atomic E-state index is 12.7. The van der Waals surface area contributed by atoms with E-state index in [0.717, 1.165) is 22.5 Å². The number of hydrogen-bond acceptors (Lipinski definition) is 4. The van der Waals surface area contributed by atoms with Crippen LogP contribution in [0.2, 0.25) is 4.34 Å². The van der Waals surface area contributed by atoms with Gasteiger partial charge in [0.15, 0.2) is 0 Å². The van der Waals surface area contributed by atoms with Gasteiger partial charge < -0.3 is 4.90 Å². The quantitative estimate of drug-likeness (QED) is 0.797. The van der Waals surface area contributed by atoms with E-state index in [1.807, 2.05) is 32.0 Å². The van der Waals surface area contributed by atoms with Gasteiger partial charge in [-0.3, -0.25) is 4.79 Å². The molecule has 0 saturated carbocycles. The van der Waals surface area contributed by atoms with Crippen LogP contribution in [-0.4, -0.2) is 49.7 Å². The first-order valence-corrected chi connectivity index (χ1v) is 10.5. The molecule has 1 aliphatic heterocycles. The second-order valence-corrected chi connectivity index (χ2v) is 9.95. The number of piperazine rings is 1. The number of nitrogens with zero attached hydrogens (tertiary/aromatic N) is 2. The summed E-state index contributed by atoms with van der Waals surface area (Å²) in [5.41, 5.74) is 2.72. The second kappa shape index (κ2) is 7.07. The molecule has 1 aliphatic rings. The first-order chi connectivity index (χ1) is 11.8. The lowest BCUT2D eigenvalue weighted by Crippen LogP contribution is -2.50. The number of hydrogen-bond donors (Lipinski definition) is 0. The fourth-order valence-electron chi connectivity index (χ4n) is 2.92. The van der Waals surface area contributed by atoms with Gasteiger partial charge in [-0.05, 0) is 37.6 Å². The molecule has 0 atom stereocenters. The average molecular weight is 399 g/mol. The van der Waals surface area contributed by atoms with Gasteiger partial charge in [0.1, 0.15) is 4.21 Å². The first kappa shape index (κ1) is 18.4. The van der Waals surface area contributed by atoms with Crippen LogP contribution in [0.4, 0.5) is 0 Å². The van der Waals surface area contributed by atoms with Gasteiger partial charge in [0.05, 0.1) is 4.34 Å². The SMILES string of the molecule is Cc1ccc(C(=O)N2CCN(S(=O)(=O)c3ccc(Cl)s3)CC2)c(C)c1. The van der Waals surface area contributed by atoms with Crippen LogP contribution in [0.15, 0.2) is 34.5 Å². The molecule has 2 aromatic rings. The van der Waals surface area contributed by atoms with Crippen molar-refractivity contribution in [3.8, 4) is 0 Å². The second-order valence-electron chi connectivity index (χ2n) is 6.07. The van der Waals surface area contributed by atoms with Gasteiger partial charge >= 0.3 is 0 Å². The summed E-state index contributed by atoms with van der Waals surface area (Å²) in [5, 5.41) is 0. The van der Waals surface area contributed by atoms with E-state index in [-0.39, 0.29) is 23.2 Å². The Morgan fingerprint density at radius 2 is 1.76 bits per heavy atom. The molecule has 1 fully saturated rings. The molecular formula is C17H19ClN2O3S2. The van der Waals surface area contributed by atoms with Gasteiger partial charge in [-0.15, -0.1) is 11.3 Å². The van der Waals surface area contributed by atoms with Gasteiger partial charge in [-0.25, -0.2) is 8.42 Å². The van der Waals surface area contributed by atoms with Crippen molar-refractivity contribution >= 4 is 38.9 Å². The van der Waals surface area contributed by atoms with Gasteiger partial charge in [-0.1, -0.05) is 29.3 Å². The zero-order chi connectivity index (χ0) is 18.2. The molecule has 5 nitrogen and oxygen atoms in total. The highest BCUT2D eigenvalue weighted by atomic mass is 35.5. The highest BCUT2D eigenvalue weighted by Crippen LogP contribution is 2.28. The van der Waals surface area contributed by atoms with Crippen molar-refractivity contribution in [2.75, 3.05) is 26.2 Å². The van der Waals surface area contributed by atoms with E-state index in [0.29, 0.717) is 23.0 Å². The van der Waals surface area contributed by atoms with Crippen LogP contribution < -0.4 is 0 Å². The fourth-order valence-corrected chi connectivity index (χ4v) is 5.98. The minimum Gasteiger partial charge on any atom is -0.336 e. The number of rotatable bonds is 3. The Morgan fingerprint density at radius 3 is 2.32 bits per heavy atom. The summed E-state index contributed by atoms with van der Waals surface area (Å²) < 4.78 is 27.3. The lowest BCUT2D eigenvalue weighted by molar-refractivity contribution is 0.0697. The lowest BCUT2D eigenvalue weighted by Gasteiger charge is -2.34. The minimum atomic E-state index is -3.54. The number of carbonyl (C=O) groups excluding carboxylic acids is 1. The third-order valence-corrected chi connectivity index (χ3v) is 7.88. The number of aryl methyl sites for hydroxylation is 2. The van der Waals surface area contributed by atoms with E-state index in [1.54, 1.807) is 11.0 Å². The monoisotopic (exact) mass is 398 g/mol. The van der Waals surface area contributed by atoms with Crippen molar-refractivity contribution in [2.24, 2.45) is 0 Å². The molecule has 0 N–H and O–H groups in total. The molecule has 0 aliphatic carbocycles. The van der Waals surface area contributed by atoms with Crippen molar-refractivity contribution in [1.29, 1.82) is 0 Å². The Balaban J connectivity index is 1.70. The number of halogens is 1. The highest BCUT2D eigenvalue weighted by Gasteiger charge is 2.31. The predicted molar refractivity (Wildman–Crippen MR) is 99.9 cm³/mol.